The zero-order chi connectivity index (χ0) is 25.3. The Labute approximate surface area is 202 Å². The number of carbonyl (C=O) groups is 1. The van der Waals surface area contributed by atoms with Crippen LogP contribution < -0.4 is 11.3 Å². The smallest absolute Gasteiger partial charge is 0.419 e. The molecule has 0 radical (unpaired) electrons. The van der Waals surface area contributed by atoms with Crippen LogP contribution in [0.3, 0.4) is 0 Å². The van der Waals surface area contributed by atoms with Crippen molar-refractivity contribution in [3.8, 4) is 11.3 Å². The van der Waals surface area contributed by atoms with Crippen LogP contribution in [0.25, 0.3) is 22.2 Å². The number of benzene rings is 1. The van der Waals surface area contributed by atoms with Crippen molar-refractivity contribution in [2.75, 3.05) is 12.3 Å². The van der Waals surface area contributed by atoms with Gasteiger partial charge in [0.15, 0.2) is 0 Å². The number of pyridine rings is 1. The maximum absolute atomic E-state index is 13.4. The first kappa shape index (κ1) is 25.8. The lowest BCUT2D eigenvalue weighted by Crippen LogP contribution is -2.29. The number of nitrogens with zero attached hydrogens (tertiary/aromatic N) is 2. The van der Waals surface area contributed by atoms with Crippen LogP contribution in [-0.2, 0) is 22.6 Å². The van der Waals surface area contributed by atoms with E-state index in [0.717, 1.165) is 23.4 Å². The average Bonchev–Trinajstić information content (AvgIpc) is 3.09. The topological polar surface area (TPSA) is 88.5 Å². The standard InChI is InChI=1S/C26H37N3O4Si/c1-8-18-9-10-22-19(13-18)14-23(29(22)25(31)33-26(2,3)4)21-15-20(27)16-28(24(21)30)17-32-11-12-34(5,6)7/h9-10,13-16H,8,11-12,17,27H2,1-7H3. The molecule has 0 atom stereocenters. The molecule has 34 heavy (non-hydrogen) atoms. The molecule has 184 valence electrons. The molecular formula is C26H37N3O4Si. The van der Waals surface area contributed by atoms with Crippen LogP contribution in [0, 0.1) is 0 Å². The summed E-state index contributed by atoms with van der Waals surface area (Å²) in [6.07, 6.45) is 1.90. The lowest BCUT2D eigenvalue weighted by atomic mass is 10.1. The first-order chi connectivity index (χ1) is 15.8. The van der Waals surface area contributed by atoms with Gasteiger partial charge in [-0.05, 0) is 63.1 Å². The predicted molar refractivity (Wildman–Crippen MR) is 141 cm³/mol. The molecule has 0 aliphatic heterocycles. The molecule has 0 bridgehead atoms. The number of hydrogen-bond donors (Lipinski definition) is 1. The van der Waals surface area contributed by atoms with Crippen LogP contribution in [0.4, 0.5) is 10.5 Å². The summed E-state index contributed by atoms with van der Waals surface area (Å²) in [5.41, 5.74) is 8.23. The number of nitrogen functional groups attached to an aromatic ring is 1. The minimum Gasteiger partial charge on any atom is -0.443 e. The van der Waals surface area contributed by atoms with E-state index in [1.165, 1.54) is 9.13 Å². The zero-order valence-electron chi connectivity index (χ0n) is 21.4. The Kier molecular flexibility index (Phi) is 7.43. The Morgan fingerprint density at radius 3 is 2.44 bits per heavy atom. The van der Waals surface area contributed by atoms with Gasteiger partial charge in [0.25, 0.3) is 5.56 Å². The van der Waals surface area contributed by atoms with Gasteiger partial charge in [-0.15, -0.1) is 0 Å². The molecule has 2 heterocycles. The second-order valence-corrected chi connectivity index (χ2v) is 16.5. The van der Waals surface area contributed by atoms with E-state index in [4.69, 9.17) is 15.2 Å². The average molecular weight is 484 g/mol. The third kappa shape index (κ3) is 6.18. The summed E-state index contributed by atoms with van der Waals surface area (Å²) in [6.45, 7) is 15.1. The van der Waals surface area contributed by atoms with E-state index in [-0.39, 0.29) is 12.3 Å². The fraction of sp³-hybridized carbons (Fsp3) is 0.462. The summed E-state index contributed by atoms with van der Waals surface area (Å²) in [4.78, 5) is 26.7. The molecule has 0 saturated heterocycles. The molecule has 0 amide bonds. The molecule has 3 rings (SSSR count). The normalized spacial score (nSPS) is 12.3. The van der Waals surface area contributed by atoms with Crippen molar-refractivity contribution in [1.82, 2.24) is 9.13 Å². The number of anilines is 1. The predicted octanol–water partition coefficient (Wildman–Crippen LogP) is 5.71. The number of hydrogen-bond acceptors (Lipinski definition) is 5. The minimum absolute atomic E-state index is 0.105. The van der Waals surface area contributed by atoms with E-state index < -0.39 is 19.8 Å². The van der Waals surface area contributed by atoms with E-state index in [9.17, 15) is 9.59 Å². The van der Waals surface area contributed by atoms with Crippen LogP contribution >= 0.6 is 0 Å². The Balaban J connectivity index is 2.10. The highest BCUT2D eigenvalue weighted by atomic mass is 28.3. The van der Waals surface area contributed by atoms with Gasteiger partial charge >= 0.3 is 6.09 Å². The summed E-state index contributed by atoms with van der Waals surface area (Å²) >= 11 is 0. The van der Waals surface area contributed by atoms with Crippen molar-refractivity contribution in [3.05, 3.63) is 52.4 Å². The van der Waals surface area contributed by atoms with Crippen LogP contribution in [0.15, 0.2) is 41.3 Å². The molecule has 1 aromatic carbocycles. The number of rotatable bonds is 7. The van der Waals surface area contributed by atoms with Gasteiger partial charge in [0.05, 0.1) is 16.8 Å². The van der Waals surface area contributed by atoms with Crippen molar-refractivity contribution in [2.24, 2.45) is 0 Å². The second kappa shape index (κ2) is 9.80. The van der Waals surface area contributed by atoms with Crippen LogP contribution in [0.5, 0.6) is 0 Å². The Bertz CT molecular complexity index is 1250. The minimum atomic E-state index is -1.24. The molecule has 0 fully saturated rings. The number of carbonyl (C=O) groups excluding carboxylic acids is 1. The van der Waals surface area contributed by atoms with Crippen molar-refractivity contribution < 1.29 is 14.3 Å². The molecule has 0 unspecified atom stereocenters. The first-order valence-electron chi connectivity index (χ1n) is 11.7. The molecule has 0 spiro atoms. The van der Waals surface area contributed by atoms with Crippen molar-refractivity contribution in [3.63, 3.8) is 0 Å². The number of fused-ring (bicyclic) bond motifs is 1. The van der Waals surface area contributed by atoms with Crippen molar-refractivity contribution >= 4 is 30.8 Å². The number of nitrogens with two attached hydrogens (primary N) is 1. The molecule has 0 aliphatic rings. The third-order valence-corrected chi connectivity index (χ3v) is 7.16. The molecular weight excluding hydrogens is 446 g/mol. The molecule has 3 aromatic rings. The van der Waals surface area contributed by atoms with Crippen LogP contribution in [0.1, 0.15) is 33.3 Å². The summed E-state index contributed by atoms with van der Waals surface area (Å²) in [5.74, 6) is 0. The quantitative estimate of drug-likeness (QED) is 0.343. The summed E-state index contributed by atoms with van der Waals surface area (Å²) < 4.78 is 14.4. The maximum atomic E-state index is 13.4. The molecule has 0 saturated carbocycles. The highest BCUT2D eigenvalue weighted by Gasteiger charge is 2.24. The van der Waals surface area contributed by atoms with E-state index in [1.807, 2.05) is 45.0 Å². The first-order valence-corrected chi connectivity index (χ1v) is 15.5. The van der Waals surface area contributed by atoms with Crippen LogP contribution in [-0.4, -0.2) is 35.5 Å². The van der Waals surface area contributed by atoms with E-state index in [2.05, 4.69) is 26.6 Å². The highest BCUT2D eigenvalue weighted by molar-refractivity contribution is 6.76. The lowest BCUT2D eigenvalue weighted by Gasteiger charge is -2.21. The van der Waals surface area contributed by atoms with Gasteiger partial charge in [0.2, 0.25) is 0 Å². The largest absolute Gasteiger partial charge is 0.443 e. The number of ether oxygens (including phenoxy) is 2. The van der Waals surface area contributed by atoms with Crippen LogP contribution in [0.2, 0.25) is 25.7 Å². The summed E-state index contributed by atoms with van der Waals surface area (Å²) in [6, 6.07) is 10.4. The van der Waals surface area contributed by atoms with E-state index >= 15 is 0 Å². The van der Waals surface area contributed by atoms with E-state index in [0.29, 0.717) is 29.1 Å². The van der Waals surface area contributed by atoms with Crippen molar-refractivity contribution in [1.29, 1.82) is 0 Å². The van der Waals surface area contributed by atoms with Gasteiger partial charge in [-0.3, -0.25) is 9.36 Å². The van der Waals surface area contributed by atoms with Gasteiger partial charge in [-0.2, -0.15) is 0 Å². The van der Waals surface area contributed by atoms with Gasteiger partial charge in [-0.1, -0.05) is 32.6 Å². The third-order valence-electron chi connectivity index (χ3n) is 5.46. The Morgan fingerprint density at radius 2 is 1.82 bits per heavy atom. The monoisotopic (exact) mass is 483 g/mol. The molecule has 7 nitrogen and oxygen atoms in total. The van der Waals surface area contributed by atoms with Gasteiger partial charge in [0, 0.05) is 32.0 Å². The lowest BCUT2D eigenvalue weighted by molar-refractivity contribution is 0.0547. The van der Waals surface area contributed by atoms with Crippen molar-refractivity contribution in [2.45, 2.75) is 72.1 Å². The maximum Gasteiger partial charge on any atom is 0.419 e. The Morgan fingerprint density at radius 1 is 1.12 bits per heavy atom. The molecule has 0 aliphatic carbocycles. The zero-order valence-corrected chi connectivity index (χ0v) is 22.4. The van der Waals surface area contributed by atoms with Gasteiger partial charge < -0.3 is 15.2 Å². The summed E-state index contributed by atoms with van der Waals surface area (Å²) in [7, 11) is -1.24. The summed E-state index contributed by atoms with van der Waals surface area (Å²) in [5, 5.41) is 0.861. The number of aromatic nitrogens is 2. The number of aryl methyl sites for hydroxylation is 1. The second-order valence-electron chi connectivity index (χ2n) is 10.9. The molecule has 8 heteroatoms. The molecule has 2 N–H and O–H groups in total. The van der Waals surface area contributed by atoms with Gasteiger partial charge in [-0.25, -0.2) is 9.36 Å². The Hall–Kier alpha value is -2.84. The van der Waals surface area contributed by atoms with E-state index in [1.54, 1.807) is 12.3 Å². The fourth-order valence-electron chi connectivity index (χ4n) is 3.67. The van der Waals surface area contributed by atoms with Gasteiger partial charge in [0.1, 0.15) is 12.3 Å². The highest BCUT2D eigenvalue weighted by Crippen LogP contribution is 2.29. The SMILES string of the molecule is CCc1ccc2c(c1)cc(-c1cc(N)cn(COCC[Si](C)(C)C)c1=O)n2C(=O)OC(C)(C)C. The fourth-order valence-corrected chi connectivity index (χ4v) is 4.42. The molecule has 2 aromatic heterocycles.